The summed E-state index contributed by atoms with van der Waals surface area (Å²) in [6.07, 6.45) is 0.0831. The molecule has 0 aromatic rings. The van der Waals surface area contributed by atoms with Crippen molar-refractivity contribution < 1.29 is 60.9 Å². The maximum atomic E-state index is 10.6. The van der Waals surface area contributed by atoms with Crippen molar-refractivity contribution in [3.05, 3.63) is 0 Å². The van der Waals surface area contributed by atoms with Crippen LogP contribution in [0.3, 0.4) is 0 Å². The van der Waals surface area contributed by atoms with E-state index >= 15 is 0 Å². The van der Waals surface area contributed by atoms with Gasteiger partial charge < -0.3 is 11.0 Å². The zero-order valence-electron chi connectivity index (χ0n) is 6.80. The largest absolute Gasteiger partial charge is 0.412 e. The fraction of sp³-hybridized carbons (Fsp3) is 0.600. The van der Waals surface area contributed by atoms with Crippen molar-refractivity contribution in [3.63, 3.8) is 0 Å². The fourth-order valence-electron chi connectivity index (χ4n) is 0.468. The quantitative estimate of drug-likeness (QED) is 0.569. The molecule has 6 N–H and O–H groups in total. The molecule has 0 aromatic carbocycles. The summed E-state index contributed by atoms with van der Waals surface area (Å²) in [6, 6.07) is -0.900. The van der Waals surface area contributed by atoms with Gasteiger partial charge in [-0.1, -0.05) is 0 Å². The smallest absolute Gasteiger partial charge is 0.412 e. The Morgan fingerprint density at radius 2 is 1.71 bits per heavy atom. The van der Waals surface area contributed by atoms with Gasteiger partial charge in [-0.15, -0.1) is 0 Å². The van der Waals surface area contributed by atoms with Gasteiger partial charge in [-0.05, 0) is 0 Å². The first kappa shape index (κ1) is 19.4. The van der Waals surface area contributed by atoms with E-state index in [1.165, 1.54) is 0 Å². The molecular formula is C5H11Cu2NO6. The number of rotatable bonds is 4. The van der Waals surface area contributed by atoms with Crippen LogP contribution in [0.4, 0.5) is 0 Å². The minimum absolute atomic E-state index is 0. The first-order chi connectivity index (χ1) is 5.61. The maximum absolute atomic E-state index is 10.6. The molecular weight excluding hydrogens is 297 g/mol. The van der Waals surface area contributed by atoms with Crippen molar-refractivity contribution in [1.82, 2.24) is 0 Å². The minimum Gasteiger partial charge on any atom is -0.412 e. The van der Waals surface area contributed by atoms with Crippen LogP contribution in [0.5, 0.6) is 0 Å². The topological polar surface area (TPSA) is 142 Å². The van der Waals surface area contributed by atoms with E-state index in [4.69, 9.17) is 5.73 Å². The number of carbonyl (C=O) groups excluding carboxylic acids is 2. The Hall–Kier alpha value is -0.141. The van der Waals surface area contributed by atoms with Gasteiger partial charge in [0.25, 0.3) is 0 Å². The van der Waals surface area contributed by atoms with Crippen LogP contribution in [-0.2, 0) is 49.9 Å². The van der Waals surface area contributed by atoms with Crippen LogP contribution in [0.1, 0.15) is 12.8 Å². The monoisotopic (exact) mass is 307 g/mol. The summed E-state index contributed by atoms with van der Waals surface area (Å²) in [5.41, 5.74) is 5.24. The van der Waals surface area contributed by atoms with E-state index in [-0.39, 0.29) is 23.8 Å². The van der Waals surface area contributed by atoms with Crippen molar-refractivity contribution in [3.8, 4) is 0 Å². The summed E-state index contributed by atoms with van der Waals surface area (Å²) in [5, 5.41) is 0. The third kappa shape index (κ3) is 8.46. The molecule has 0 fully saturated rings. The van der Waals surface area contributed by atoms with Gasteiger partial charge in [0.05, 0.1) is 0 Å². The molecule has 94 valence electrons. The van der Waals surface area contributed by atoms with Gasteiger partial charge in [-0.3, -0.25) is 0 Å². The van der Waals surface area contributed by atoms with E-state index in [9.17, 15) is 9.59 Å². The molecule has 0 rings (SSSR count). The average Bonchev–Trinajstić information content (AvgIpc) is 2.11. The van der Waals surface area contributed by atoms with Crippen molar-refractivity contribution in [1.29, 1.82) is 0 Å². The van der Waals surface area contributed by atoms with Crippen molar-refractivity contribution in [2.75, 3.05) is 0 Å². The molecule has 7 nitrogen and oxygen atoms in total. The van der Waals surface area contributed by atoms with E-state index in [0.717, 1.165) is 0 Å². The molecule has 0 bridgehead atoms. The number of carbonyl (C=O) groups is 2. The van der Waals surface area contributed by atoms with Gasteiger partial charge >= 0.3 is 86.5 Å². The van der Waals surface area contributed by atoms with Gasteiger partial charge in [0.2, 0.25) is 0 Å². The van der Waals surface area contributed by atoms with Gasteiger partial charge in [0.15, 0.2) is 0 Å². The molecule has 0 saturated carbocycles. The van der Waals surface area contributed by atoms with Crippen molar-refractivity contribution in [2.45, 2.75) is 18.9 Å². The molecule has 9 heteroatoms. The third-order valence-corrected chi connectivity index (χ3v) is 1.50. The first-order valence-electron chi connectivity index (χ1n) is 2.95. The summed E-state index contributed by atoms with van der Waals surface area (Å²) in [7, 11) is 0. The Morgan fingerprint density at radius 3 is 2.07 bits per heavy atom. The predicted molar refractivity (Wildman–Crippen MR) is 36.6 cm³/mol. The Morgan fingerprint density at radius 1 is 1.21 bits per heavy atom. The van der Waals surface area contributed by atoms with Crippen LogP contribution in [0, 0.1) is 0 Å². The fourth-order valence-corrected chi connectivity index (χ4v) is 0.706. The first-order valence-corrected chi connectivity index (χ1v) is 3.72. The average molecular weight is 308 g/mol. The van der Waals surface area contributed by atoms with Crippen molar-refractivity contribution in [2.24, 2.45) is 5.73 Å². The van der Waals surface area contributed by atoms with E-state index in [1.807, 2.05) is 0 Å². The molecule has 0 aliphatic rings. The summed E-state index contributed by atoms with van der Waals surface area (Å²) in [6.45, 7) is 0. The molecule has 1 atom stereocenters. The molecule has 0 spiro atoms. The Labute approximate surface area is 97.6 Å². The minimum atomic E-state index is -0.900. The Balaban J connectivity index is -0.000000605. The summed E-state index contributed by atoms with van der Waals surface area (Å²) in [4.78, 5) is 21.0. The molecule has 0 aromatic heterocycles. The van der Waals surface area contributed by atoms with Crippen LogP contribution < -0.4 is 5.73 Å². The molecule has 0 unspecified atom stereocenters. The van der Waals surface area contributed by atoms with Gasteiger partial charge in [0.1, 0.15) is 0 Å². The Bertz CT molecular complexity index is 178. The summed E-state index contributed by atoms with van der Waals surface area (Å²) in [5.74, 6) is -1.36. The van der Waals surface area contributed by atoms with E-state index in [2.05, 4.69) is 40.3 Å². The second-order valence-corrected chi connectivity index (χ2v) is 2.34. The molecule has 14 heavy (non-hydrogen) atoms. The van der Waals surface area contributed by atoms with E-state index in [1.54, 1.807) is 0 Å². The van der Waals surface area contributed by atoms with Crippen molar-refractivity contribution >= 4 is 11.9 Å². The summed E-state index contributed by atoms with van der Waals surface area (Å²) >= 11 is 8.26. The van der Waals surface area contributed by atoms with Gasteiger partial charge in [-0.2, -0.15) is 0 Å². The summed E-state index contributed by atoms with van der Waals surface area (Å²) < 4.78 is 7.80. The predicted octanol–water partition coefficient (Wildman–Crippen LogP) is -2.55. The molecule has 0 amide bonds. The molecule has 0 aliphatic carbocycles. The molecule has 0 aliphatic heterocycles. The Kier molecular flexibility index (Phi) is 15.2. The van der Waals surface area contributed by atoms with E-state index in [0.29, 0.717) is 0 Å². The molecule has 0 radical (unpaired) electrons. The van der Waals surface area contributed by atoms with Crippen LogP contribution in [-0.4, -0.2) is 28.9 Å². The van der Waals surface area contributed by atoms with Gasteiger partial charge in [0, 0.05) is 0 Å². The third-order valence-electron chi connectivity index (χ3n) is 1.09. The second kappa shape index (κ2) is 10.9. The number of hydrogen-bond donors (Lipinski definition) is 1. The van der Waals surface area contributed by atoms with Crippen LogP contribution >= 0.6 is 0 Å². The zero-order valence-corrected chi connectivity index (χ0v) is 8.69. The molecule has 0 heterocycles. The SMILES string of the molecule is N[C@@H](CCC(=O)[O][Cu])C(=O)[O][Cu].O.O. The zero-order chi connectivity index (χ0) is 9.56. The number of nitrogens with two attached hydrogens (primary N) is 1. The maximum Gasteiger partial charge on any atom is -0.412 e. The van der Waals surface area contributed by atoms with E-state index < -0.39 is 18.0 Å². The van der Waals surface area contributed by atoms with Crippen LogP contribution in [0.25, 0.3) is 0 Å². The van der Waals surface area contributed by atoms with Crippen LogP contribution in [0.15, 0.2) is 0 Å². The number of hydrogen-bond acceptors (Lipinski definition) is 5. The second-order valence-electron chi connectivity index (χ2n) is 1.96. The van der Waals surface area contributed by atoms with Crippen LogP contribution in [0.2, 0.25) is 0 Å². The standard InChI is InChI=1S/C5H9NO4.2Cu.2H2O/c6-3(5(9)10)1-2-4(7)8;;;;/h3H,1-2,6H2,(H,7,8)(H,9,10);;;2*1H2/q;2*+1;;/p-2/t3-;;;;/m0..../s1. The van der Waals surface area contributed by atoms with Gasteiger partial charge in [-0.25, -0.2) is 0 Å². The molecule has 0 saturated heterocycles. The normalized spacial score (nSPS) is 10.4.